The van der Waals surface area contributed by atoms with E-state index in [1.165, 1.54) is 43.4 Å². The maximum atomic E-state index is 12.6. The molecule has 3 aliphatic carbocycles. The van der Waals surface area contributed by atoms with Crippen LogP contribution in [0.4, 0.5) is 0 Å². The van der Waals surface area contributed by atoms with Crippen molar-refractivity contribution in [2.75, 3.05) is 19.6 Å². The van der Waals surface area contributed by atoms with Crippen molar-refractivity contribution in [1.29, 1.82) is 0 Å². The van der Waals surface area contributed by atoms with Crippen molar-refractivity contribution >= 4 is 5.91 Å². The van der Waals surface area contributed by atoms with Gasteiger partial charge < -0.3 is 5.32 Å². The van der Waals surface area contributed by atoms with Crippen LogP contribution in [0.3, 0.4) is 0 Å². The molecule has 4 aliphatic rings. The molecule has 2 N–H and O–H groups in total. The summed E-state index contributed by atoms with van der Waals surface area (Å²) in [4.78, 5) is 15.1. The Morgan fingerprint density at radius 3 is 2.46 bits per heavy atom. The molecule has 5 heteroatoms. The smallest absolute Gasteiger partial charge is 0.223 e. The maximum Gasteiger partial charge on any atom is 0.223 e. The van der Waals surface area contributed by atoms with Gasteiger partial charge in [-0.15, -0.1) is 0 Å². The molecule has 1 unspecified atom stereocenters. The van der Waals surface area contributed by atoms with Crippen molar-refractivity contribution in [2.24, 2.45) is 35.5 Å². The average Bonchev–Trinajstić information content (AvgIpc) is 2.90. The molecule has 4 fully saturated rings. The highest BCUT2D eigenvalue weighted by Crippen LogP contribution is 2.69. The first kappa shape index (κ1) is 16.8. The van der Waals surface area contributed by atoms with Crippen LogP contribution < -0.4 is 5.32 Å². The Bertz CT molecular complexity index is 655. The van der Waals surface area contributed by atoms with Crippen LogP contribution in [0.5, 0.6) is 0 Å². The predicted octanol–water partition coefficient (Wildman–Crippen LogP) is 2.65. The zero-order valence-corrected chi connectivity index (χ0v) is 16.1. The summed E-state index contributed by atoms with van der Waals surface area (Å²) in [7, 11) is 0. The summed E-state index contributed by atoms with van der Waals surface area (Å²) in [6.07, 6.45) is 6.60. The number of nitrogens with zero attached hydrogens (tertiary/aromatic N) is 2. The first-order chi connectivity index (χ1) is 12.6. The Labute approximate surface area is 156 Å². The summed E-state index contributed by atoms with van der Waals surface area (Å²) < 4.78 is 0. The van der Waals surface area contributed by atoms with E-state index in [4.69, 9.17) is 0 Å². The van der Waals surface area contributed by atoms with Crippen LogP contribution in [0.25, 0.3) is 0 Å². The monoisotopic (exact) mass is 356 g/mol. The fourth-order valence-corrected chi connectivity index (χ4v) is 6.42. The molecular formula is C21H32N4O. The zero-order chi connectivity index (χ0) is 17.8. The minimum Gasteiger partial charge on any atom is -0.356 e. The summed E-state index contributed by atoms with van der Waals surface area (Å²) >= 11 is 0. The number of carbonyl (C=O) groups excluding carboxylic acids is 1. The third-order valence-electron chi connectivity index (χ3n) is 7.97. The number of piperidine rings is 1. The Balaban J connectivity index is 1.06. The molecule has 1 aromatic heterocycles. The first-order valence-corrected chi connectivity index (χ1v) is 10.6. The van der Waals surface area contributed by atoms with Gasteiger partial charge >= 0.3 is 0 Å². The number of aryl methyl sites for hydroxylation is 2. The van der Waals surface area contributed by atoms with Gasteiger partial charge in [-0.1, -0.05) is 0 Å². The second-order valence-corrected chi connectivity index (χ2v) is 9.39. The van der Waals surface area contributed by atoms with Crippen LogP contribution in [-0.4, -0.2) is 40.6 Å². The highest BCUT2D eigenvalue weighted by atomic mass is 16.2. The molecule has 1 aromatic rings. The molecule has 1 amide bonds. The first-order valence-electron chi connectivity index (χ1n) is 10.6. The van der Waals surface area contributed by atoms with Crippen molar-refractivity contribution in [3.05, 3.63) is 17.0 Å². The third kappa shape index (κ3) is 2.79. The lowest BCUT2D eigenvalue weighted by Gasteiger charge is -2.32. The molecule has 5 rings (SSSR count). The number of aromatic nitrogens is 2. The number of H-pyrrole nitrogens is 1. The molecule has 1 saturated heterocycles. The molecule has 1 aliphatic heterocycles. The number of hydrogen-bond donors (Lipinski definition) is 2. The lowest BCUT2D eigenvalue weighted by atomic mass is 9.96. The van der Waals surface area contributed by atoms with Gasteiger partial charge in [0.2, 0.25) is 5.91 Å². The lowest BCUT2D eigenvalue weighted by Crippen LogP contribution is -2.39. The van der Waals surface area contributed by atoms with Gasteiger partial charge in [-0.05, 0) is 88.6 Å². The van der Waals surface area contributed by atoms with E-state index >= 15 is 0 Å². The van der Waals surface area contributed by atoms with Gasteiger partial charge in [-0.3, -0.25) is 14.8 Å². The van der Waals surface area contributed by atoms with Gasteiger partial charge in [0.25, 0.3) is 0 Å². The van der Waals surface area contributed by atoms with Gasteiger partial charge in [-0.25, -0.2) is 0 Å². The highest BCUT2D eigenvalue weighted by Gasteiger charge is 2.67. The zero-order valence-electron chi connectivity index (χ0n) is 16.1. The molecule has 26 heavy (non-hydrogen) atoms. The normalized spacial score (nSPS) is 36.3. The number of nitrogens with one attached hydrogen (secondary N) is 2. The number of rotatable bonds is 5. The molecule has 2 bridgehead atoms. The average molecular weight is 357 g/mol. The molecule has 5 nitrogen and oxygen atoms in total. The van der Waals surface area contributed by atoms with Crippen LogP contribution >= 0.6 is 0 Å². The highest BCUT2D eigenvalue weighted by molar-refractivity contribution is 5.82. The standard InChI is InChI=1S/C21H32N4O/c1-12-17(13(2)24-23-12)11-25-7-5-14(6-8-25)10-22-21(26)20-18-15-3-4-16(9-15)19(18)20/h14-16,18-20H,3-11H2,1-2H3,(H,22,26)(H,23,24)/t15-,16+,18+,19-,20?. The number of fused-ring (bicyclic) bond motifs is 5. The van der Waals surface area contributed by atoms with Crippen LogP contribution in [0.2, 0.25) is 0 Å². The number of likely N-dealkylation sites (tertiary alicyclic amines) is 1. The van der Waals surface area contributed by atoms with Crippen LogP contribution in [0.15, 0.2) is 0 Å². The molecule has 0 spiro atoms. The third-order valence-corrected chi connectivity index (χ3v) is 7.97. The van der Waals surface area contributed by atoms with Crippen molar-refractivity contribution in [2.45, 2.75) is 52.5 Å². The van der Waals surface area contributed by atoms with Crippen LogP contribution in [0, 0.1) is 49.4 Å². The molecule has 0 aromatic carbocycles. The fraction of sp³-hybridized carbons (Fsp3) is 0.810. The van der Waals surface area contributed by atoms with E-state index in [9.17, 15) is 4.79 Å². The quantitative estimate of drug-likeness (QED) is 0.853. The van der Waals surface area contributed by atoms with Crippen molar-refractivity contribution < 1.29 is 4.79 Å². The summed E-state index contributed by atoms with van der Waals surface area (Å²) in [5, 5.41) is 10.7. The van der Waals surface area contributed by atoms with Crippen molar-refractivity contribution in [3.63, 3.8) is 0 Å². The molecular weight excluding hydrogens is 324 g/mol. The minimum absolute atomic E-state index is 0.378. The Hall–Kier alpha value is -1.36. The van der Waals surface area contributed by atoms with Crippen molar-refractivity contribution in [1.82, 2.24) is 20.4 Å². The van der Waals surface area contributed by atoms with Gasteiger partial charge in [0.05, 0.1) is 5.69 Å². The number of hydrogen-bond acceptors (Lipinski definition) is 3. The van der Waals surface area contributed by atoms with E-state index in [1.807, 2.05) is 0 Å². The van der Waals surface area contributed by atoms with Crippen molar-refractivity contribution in [3.8, 4) is 0 Å². The Kier molecular flexibility index (Phi) is 4.11. The van der Waals surface area contributed by atoms with E-state index in [0.29, 0.717) is 17.7 Å². The second-order valence-electron chi connectivity index (χ2n) is 9.39. The second kappa shape index (κ2) is 6.36. The van der Waals surface area contributed by atoms with Gasteiger partial charge in [0, 0.05) is 30.3 Å². The Morgan fingerprint density at radius 2 is 1.85 bits per heavy atom. The Morgan fingerprint density at radius 1 is 1.15 bits per heavy atom. The van der Waals surface area contributed by atoms with E-state index in [-0.39, 0.29) is 0 Å². The van der Waals surface area contributed by atoms with Crippen LogP contribution in [0.1, 0.15) is 49.1 Å². The number of carbonyl (C=O) groups is 1. The largest absolute Gasteiger partial charge is 0.356 e. The summed E-state index contributed by atoms with van der Waals surface area (Å²) in [5.41, 5.74) is 3.67. The SMILES string of the molecule is Cc1n[nH]c(C)c1CN1CCC(CNC(=O)C2[C@@H]3[C@H]4CC[C@H](C4)[C@H]23)CC1. The predicted molar refractivity (Wildman–Crippen MR) is 100 cm³/mol. The van der Waals surface area contributed by atoms with Crippen LogP contribution in [-0.2, 0) is 11.3 Å². The van der Waals surface area contributed by atoms with E-state index in [0.717, 1.165) is 55.5 Å². The lowest BCUT2D eigenvalue weighted by molar-refractivity contribution is -0.123. The van der Waals surface area contributed by atoms with E-state index in [1.54, 1.807) is 0 Å². The van der Waals surface area contributed by atoms with E-state index < -0.39 is 0 Å². The summed E-state index contributed by atoms with van der Waals surface area (Å²) in [6, 6.07) is 0. The maximum absolute atomic E-state index is 12.6. The molecule has 2 heterocycles. The summed E-state index contributed by atoms with van der Waals surface area (Å²) in [6.45, 7) is 8.34. The number of aromatic amines is 1. The number of amides is 1. The van der Waals surface area contributed by atoms with Gasteiger partial charge in [0.15, 0.2) is 0 Å². The minimum atomic E-state index is 0.378. The van der Waals surface area contributed by atoms with Gasteiger partial charge in [0.1, 0.15) is 0 Å². The molecule has 3 saturated carbocycles. The van der Waals surface area contributed by atoms with E-state index in [2.05, 4.69) is 34.3 Å². The van der Waals surface area contributed by atoms with Gasteiger partial charge in [-0.2, -0.15) is 5.10 Å². The molecule has 5 atom stereocenters. The topological polar surface area (TPSA) is 61.0 Å². The summed E-state index contributed by atoms with van der Waals surface area (Å²) in [5.74, 6) is 4.71. The molecule has 0 radical (unpaired) electrons. The molecule has 142 valence electrons. The fourth-order valence-electron chi connectivity index (χ4n) is 6.42.